The van der Waals surface area contributed by atoms with Gasteiger partial charge in [-0.15, -0.1) is 0 Å². The van der Waals surface area contributed by atoms with E-state index in [1.165, 1.54) is 6.07 Å². The summed E-state index contributed by atoms with van der Waals surface area (Å²) in [6.45, 7) is 1.03. The molecule has 0 bridgehead atoms. The van der Waals surface area contributed by atoms with Crippen molar-refractivity contribution in [1.29, 1.82) is 0 Å². The van der Waals surface area contributed by atoms with Crippen molar-refractivity contribution in [1.82, 2.24) is 15.0 Å². The van der Waals surface area contributed by atoms with Gasteiger partial charge in [-0.2, -0.15) is 0 Å². The lowest BCUT2D eigenvalue weighted by atomic mass is 10.1. The van der Waals surface area contributed by atoms with Gasteiger partial charge in [-0.25, -0.2) is 4.39 Å². The molecule has 0 radical (unpaired) electrons. The maximum atomic E-state index is 14.1. The van der Waals surface area contributed by atoms with Crippen LogP contribution in [-0.2, 0) is 13.1 Å². The van der Waals surface area contributed by atoms with Crippen LogP contribution in [0.3, 0.4) is 0 Å². The second-order valence-electron chi connectivity index (χ2n) is 6.26. The fourth-order valence-corrected chi connectivity index (χ4v) is 3.10. The number of nitrogens with zero attached hydrogens (tertiary/aromatic N) is 3. The van der Waals surface area contributed by atoms with Crippen LogP contribution < -0.4 is 0 Å². The van der Waals surface area contributed by atoms with Gasteiger partial charge >= 0.3 is 0 Å². The molecule has 4 rings (SSSR count). The highest BCUT2D eigenvalue weighted by Crippen LogP contribution is 2.32. The van der Waals surface area contributed by atoms with E-state index in [1.54, 1.807) is 24.5 Å². The second-order valence-corrected chi connectivity index (χ2v) is 6.66. The minimum absolute atomic E-state index is 0.272. The zero-order chi connectivity index (χ0) is 17.2. The van der Waals surface area contributed by atoms with Crippen molar-refractivity contribution in [2.75, 3.05) is 0 Å². The molecule has 0 amide bonds. The van der Waals surface area contributed by atoms with Gasteiger partial charge in [0.25, 0.3) is 0 Å². The van der Waals surface area contributed by atoms with Crippen molar-refractivity contribution in [3.63, 3.8) is 0 Å². The van der Waals surface area contributed by atoms with Crippen LogP contribution in [0.1, 0.15) is 24.2 Å². The van der Waals surface area contributed by atoms with Crippen LogP contribution >= 0.6 is 11.6 Å². The van der Waals surface area contributed by atoms with Crippen LogP contribution in [0, 0.1) is 5.82 Å². The molecule has 25 heavy (non-hydrogen) atoms. The van der Waals surface area contributed by atoms with E-state index in [4.69, 9.17) is 16.1 Å². The van der Waals surface area contributed by atoms with Gasteiger partial charge < -0.3 is 4.52 Å². The number of benzene rings is 1. The van der Waals surface area contributed by atoms with Crippen molar-refractivity contribution >= 4 is 11.6 Å². The number of halogens is 2. The predicted molar refractivity (Wildman–Crippen MR) is 93.4 cm³/mol. The molecule has 6 heteroatoms. The third kappa shape index (κ3) is 3.72. The van der Waals surface area contributed by atoms with E-state index in [2.05, 4.69) is 15.0 Å². The summed E-state index contributed by atoms with van der Waals surface area (Å²) < 4.78 is 19.6. The fraction of sp³-hybridized carbons (Fsp3) is 0.263. The van der Waals surface area contributed by atoms with Gasteiger partial charge in [-0.05, 0) is 37.1 Å². The molecule has 0 spiro atoms. The molecule has 1 aliphatic carbocycles. The monoisotopic (exact) mass is 357 g/mol. The molecule has 1 aromatic carbocycles. The van der Waals surface area contributed by atoms with Crippen molar-refractivity contribution in [3.05, 3.63) is 71.0 Å². The first-order valence-corrected chi connectivity index (χ1v) is 8.61. The van der Waals surface area contributed by atoms with Crippen LogP contribution in [0.15, 0.2) is 53.3 Å². The summed E-state index contributed by atoms with van der Waals surface area (Å²) >= 11 is 6.18. The average Bonchev–Trinajstić information content (AvgIpc) is 3.37. The third-order valence-corrected chi connectivity index (χ3v) is 4.72. The van der Waals surface area contributed by atoms with Gasteiger partial charge in [0.05, 0.1) is 6.54 Å². The number of aromatic nitrogens is 2. The van der Waals surface area contributed by atoms with Crippen molar-refractivity contribution in [2.24, 2.45) is 0 Å². The Labute approximate surface area is 150 Å². The Hall–Kier alpha value is -2.24. The van der Waals surface area contributed by atoms with Crippen LogP contribution in [0.4, 0.5) is 4.39 Å². The van der Waals surface area contributed by atoms with E-state index in [0.717, 1.165) is 29.9 Å². The normalized spacial score (nSPS) is 14.2. The van der Waals surface area contributed by atoms with Gasteiger partial charge in [0.1, 0.15) is 11.5 Å². The summed E-state index contributed by atoms with van der Waals surface area (Å²) in [6, 6.07) is 10.9. The molecule has 4 nitrogen and oxygen atoms in total. The predicted octanol–water partition coefficient (Wildman–Crippen LogP) is 4.69. The molecule has 1 saturated carbocycles. The van der Waals surface area contributed by atoms with Crippen LogP contribution in [0.2, 0.25) is 5.02 Å². The van der Waals surface area contributed by atoms with Gasteiger partial charge in [0, 0.05) is 47.2 Å². The molecular formula is C19H17ClFN3O. The summed E-state index contributed by atoms with van der Waals surface area (Å²) in [5.41, 5.74) is 2.19. The summed E-state index contributed by atoms with van der Waals surface area (Å²) in [5.74, 6) is 0.477. The fourth-order valence-electron chi connectivity index (χ4n) is 2.88. The van der Waals surface area contributed by atoms with Crippen molar-refractivity contribution < 1.29 is 8.91 Å². The van der Waals surface area contributed by atoms with Crippen LogP contribution in [-0.4, -0.2) is 21.1 Å². The SMILES string of the molecule is Fc1cccc(Cl)c1CN(Cc1cc(-c2cccnc2)no1)C1CC1. The Morgan fingerprint density at radius 2 is 2.08 bits per heavy atom. The summed E-state index contributed by atoms with van der Waals surface area (Å²) in [5, 5.41) is 4.58. The maximum absolute atomic E-state index is 14.1. The van der Waals surface area contributed by atoms with E-state index in [1.807, 2.05) is 18.2 Å². The van der Waals surface area contributed by atoms with E-state index >= 15 is 0 Å². The second kappa shape index (κ2) is 6.94. The molecule has 0 unspecified atom stereocenters. The lowest BCUT2D eigenvalue weighted by Gasteiger charge is -2.21. The largest absolute Gasteiger partial charge is 0.359 e. The molecule has 1 fully saturated rings. The minimum atomic E-state index is -0.272. The number of hydrogen-bond acceptors (Lipinski definition) is 4. The van der Waals surface area contributed by atoms with Crippen LogP contribution in [0.5, 0.6) is 0 Å². The molecular weight excluding hydrogens is 341 g/mol. The van der Waals surface area contributed by atoms with E-state index in [0.29, 0.717) is 29.7 Å². The van der Waals surface area contributed by atoms with E-state index in [-0.39, 0.29) is 5.82 Å². The Balaban J connectivity index is 1.52. The quantitative estimate of drug-likeness (QED) is 0.641. The highest BCUT2D eigenvalue weighted by atomic mass is 35.5. The summed E-state index contributed by atoms with van der Waals surface area (Å²) in [6.07, 6.45) is 5.68. The van der Waals surface area contributed by atoms with Crippen molar-refractivity contribution in [2.45, 2.75) is 32.0 Å². The molecule has 0 aliphatic heterocycles. The Morgan fingerprint density at radius 3 is 2.80 bits per heavy atom. The highest BCUT2D eigenvalue weighted by Gasteiger charge is 2.31. The first-order valence-electron chi connectivity index (χ1n) is 8.23. The molecule has 128 valence electrons. The molecule has 2 aromatic heterocycles. The molecule has 0 atom stereocenters. The van der Waals surface area contributed by atoms with Gasteiger partial charge in [0.2, 0.25) is 0 Å². The lowest BCUT2D eigenvalue weighted by molar-refractivity contribution is 0.212. The Morgan fingerprint density at radius 1 is 1.20 bits per heavy atom. The maximum Gasteiger partial charge on any atom is 0.151 e. The lowest BCUT2D eigenvalue weighted by Crippen LogP contribution is -2.25. The third-order valence-electron chi connectivity index (χ3n) is 4.36. The molecule has 3 aromatic rings. The van der Waals surface area contributed by atoms with Gasteiger partial charge in [-0.3, -0.25) is 9.88 Å². The van der Waals surface area contributed by atoms with E-state index < -0.39 is 0 Å². The van der Waals surface area contributed by atoms with Crippen molar-refractivity contribution in [3.8, 4) is 11.3 Å². The molecule has 0 saturated heterocycles. The summed E-state index contributed by atoms with van der Waals surface area (Å²) in [7, 11) is 0. The van der Waals surface area contributed by atoms with Crippen LogP contribution in [0.25, 0.3) is 11.3 Å². The standard InChI is InChI=1S/C19H17ClFN3O/c20-17-4-1-5-18(21)16(17)12-24(14-6-7-14)11-15-9-19(23-25-15)13-3-2-8-22-10-13/h1-5,8-10,14H,6-7,11-12H2. The van der Waals surface area contributed by atoms with Gasteiger partial charge in [0.15, 0.2) is 5.76 Å². The topological polar surface area (TPSA) is 42.2 Å². The molecule has 0 N–H and O–H groups in total. The Bertz CT molecular complexity index is 844. The Kier molecular flexibility index (Phi) is 4.51. The van der Waals surface area contributed by atoms with E-state index in [9.17, 15) is 4.39 Å². The molecule has 1 aliphatic rings. The number of pyridine rings is 1. The zero-order valence-electron chi connectivity index (χ0n) is 13.5. The summed E-state index contributed by atoms with van der Waals surface area (Å²) in [4.78, 5) is 6.29. The van der Waals surface area contributed by atoms with Gasteiger partial charge in [-0.1, -0.05) is 22.8 Å². The first kappa shape index (κ1) is 16.2. The highest BCUT2D eigenvalue weighted by molar-refractivity contribution is 6.31. The number of rotatable bonds is 6. The molecule has 2 heterocycles. The minimum Gasteiger partial charge on any atom is -0.359 e. The smallest absolute Gasteiger partial charge is 0.151 e. The average molecular weight is 358 g/mol. The number of hydrogen-bond donors (Lipinski definition) is 0. The first-order chi connectivity index (χ1) is 12.2. The zero-order valence-corrected chi connectivity index (χ0v) is 14.3.